The van der Waals surface area contributed by atoms with E-state index in [-0.39, 0.29) is 5.75 Å². The molecule has 0 spiro atoms. The van der Waals surface area contributed by atoms with Crippen LogP contribution < -0.4 is 15.2 Å². The van der Waals surface area contributed by atoms with E-state index in [9.17, 15) is 5.11 Å². The Balaban J connectivity index is 2.31. The van der Waals surface area contributed by atoms with Crippen molar-refractivity contribution in [2.24, 2.45) is 5.73 Å². The highest BCUT2D eigenvalue weighted by Gasteiger charge is 2.30. The molecule has 0 aliphatic carbocycles. The highest BCUT2D eigenvalue weighted by molar-refractivity contribution is 5.64. The molecule has 1 aromatic carbocycles. The van der Waals surface area contributed by atoms with E-state index in [4.69, 9.17) is 15.2 Å². The Morgan fingerprint density at radius 1 is 1.07 bits per heavy atom. The van der Waals surface area contributed by atoms with E-state index in [1.165, 1.54) is 0 Å². The molecule has 2 aliphatic rings. The van der Waals surface area contributed by atoms with Gasteiger partial charge in [-0.3, -0.25) is 0 Å². The minimum Gasteiger partial charge on any atom is -0.504 e. The van der Waals surface area contributed by atoms with Crippen molar-refractivity contribution in [3.05, 3.63) is 16.7 Å². The first-order valence-electron chi connectivity index (χ1n) is 5.18. The maximum absolute atomic E-state index is 10.0. The van der Waals surface area contributed by atoms with Gasteiger partial charge in [-0.2, -0.15) is 0 Å². The van der Waals surface area contributed by atoms with Gasteiger partial charge in [0.05, 0.1) is 13.2 Å². The summed E-state index contributed by atoms with van der Waals surface area (Å²) in [5, 5.41) is 10.0. The number of nitrogens with two attached hydrogens (primary N) is 1. The fourth-order valence-electron chi connectivity index (χ4n) is 2.40. The van der Waals surface area contributed by atoms with Crippen molar-refractivity contribution in [1.29, 1.82) is 0 Å². The molecular formula is C11H13NO3. The zero-order valence-corrected chi connectivity index (χ0v) is 8.38. The molecule has 0 unspecified atom stereocenters. The number of benzene rings is 1. The summed E-state index contributed by atoms with van der Waals surface area (Å²) in [6, 6.07) is 0. The number of fused-ring (bicyclic) bond motifs is 2. The number of aromatic hydroxyl groups is 1. The Morgan fingerprint density at radius 2 is 1.73 bits per heavy atom. The van der Waals surface area contributed by atoms with Crippen LogP contribution in [0.1, 0.15) is 16.7 Å². The van der Waals surface area contributed by atoms with Crippen molar-refractivity contribution in [3.8, 4) is 17.2 Å². The van der Waals surface area contributed by atoms with E-state index >= 15 is 0 Å². The van der Waals surface area contributed by atoms with Crippen LogP contribution >= 0.6 is 0 Å². The molecule has 80 valence electrons. The zero-order valence-electron chi connectivity index (χ0n) is 8.38. The molecule has 0 fully saturated rings. The van der Waals surface area contributed by atoms with Crippen LogP contribution in [0.4, 0.5) is 0 Å². The average molecular weight is 207 g/mol. The van der Waals surface area contributed by atoms with Crippen molar-refractivity contribution in [2.75, 3.05) is 13.2 Å². The number of rotatable bonds is 1. The maximum Gasteiger partial charge on any atom is 0.165 e. The number of phenols is 1. The Hall–Kier alpha value is -1.42. The van der Waals surface area contributed by atoms with Gasteiger partial charge in [-0.25, -0.2) is 0 Å². The minimum absolute atomic E-state index is 0.257. The van der Waals surface area contributed by atoms with Gasteiger partial charge in [0, 0.05) is 36.1 Å². The van der Waals surface area contributed by atoms with Crippen LogP contribution in [0.3, 0.4) is 0 Å². The van der Waals surface area contributed by atoms with Crippen LogP contribution in [0.2, 0.25) is 0 Å². The predicted octanol–water partition coefficient (Wildman–Crippen LogP) is 0.721. The van der Waals surface area contributed by atoms with Gasteiger partial charge in [0.1, 0.15) is 5.75 Å². The summed E-state index contributed by atoms with van der Waals surface area (Å²) in [5.74, 6) is 1.67. The topological polar surface area (TPSA) is 64.7 Å². The van der Waals surface area contributed by atoms with Gasteiger partial charge in [0.15, 0.2) is 11.5 Å². The first-order chi connectivity index (χ1) is 7.33. The SMILES string of the molecule is NCc1c2c(c(O)c3c1OCC3)OCC2. The zero-order chi connectivity index (χ0) is 10.4. The molecule has 2 aliphatic heterocycles. The van der Waals surface area contributed by atoms with Crippen LogP contribution in [0.15, 0.2) is 0 Å². The number of hydrogen-bond donors (Lipinski definition) is 2. The Bertz CT molecular complexity index is 393. The highest BCUT2D eigenvalue weighted by Crippen LogP contribution is 2.48. The van der Waals surface area contributed by atoms with Crippen LogP contribution in [-0.2, 0) is 19.4 Å². The minimum atomic E-state index is 0.257. The second-order valence-electron chi connectivity index (χ2n) is 3.84. The largest absolute Gasteiger partial charge is 0.504 e. The van der Waals surface area contributed by atoms with Gasteiger partial charge >= 0.3 is 0 Å². The molecule has 3 N–H and O–H groups in total. The summed E-state index contributed by atoms with van der Waals surface area (Å²) in [6.07, 6.45) is 1.55. The average Bonchev–Trinajstić information content (AvgIpc) is 2.85. The van der Waals surface area contributed by atoms with Crippen molar-refractivity contribution < 1.29 is 14.6 Å². The molecule has 0 aromatic heterocycles. The second-order valence-corrected chi connectivity index (χ2v) is 3.84. The summed E-state index contributed by atoms with van der Waals surface area (Å²) in [5.41, 5.74) is 8.62. The number of hydrogen-bond acceptors (Lipinski definition) is 4. The van der Waals surface area contributed by atoms with Gasteiger partial charge in [-0.05, 0) is 0 Å². The molecular weight excluding hydrogens is 194 g/mol. The Kier molecular flexibility index (Phi) is 1.79. The van der Waals surface area contributed by atoms with E-state index in [1.54, 1.807) is 0 Å². The standard InChI is InChI=1S/C11H13NO3/c12-5-8-6-1-3-15-11(6)9(13)7-2-4-14-10(7)8/h13H,1-5,12H2. The fourth-order valence-corrected chi connectivity index (χ4v) is 2.40. The van der Waals surface area contributed by atoms with Gasteiger partial charge in [0.2, 0.25) is 0 Å². The van der Waals surface area contributed by atoms with Crippen LogP contribution in [0.25, 0.3) is 0 Å². The van der Waals surface area contributed by atoms with Gasteiger partial charge in [-0.1, -0.05) is 0 Å². The number of phenolic OH excluding ortho intramolecular Hbond substituents is 1. The van der Waals surface area contributed by atoms with Crippen molar-refractivity contribution in [2.45, 2.75) is 19.4 Å². The molecule has 0 radical (unpaired) electrons. The summed E-state index contributed by atoms with van der Waals surface area (Å²) < 4.78 is 11.0. The molecule has 4 heteroatoms. The first kappa shape index (κ1) is 8.85. The van der Waals surface area contributed by atoms with Gasteiger partial charge in [-0.15, -0.1) is 0 Å². The quantitative estimate of drug-likeness (QED) is 0.712. The third kappa shape index (κ3) is 1.05. The van der Waals surface area contributed by atoms with E-state index in [2.05, 4.69) is 0 Å². The van der Waals surface area contributed by atoms with E-state index in [0.717, 1.165) is 35.3 Å². The van der Waals surface area contributed by atoms with Crippen molar-refractivity contribution in [3.63, 3.8) is 0 Å². The number of ether oxygens (including phenoxy) is 2. The molecule has 1 aromatic rings. The summed E-state index contributed by atoms with van der Waals surface area (Å²) in [4.78, 5) is 0. The summed E-state index contributed by atoms with van der Waals surface area (Å²) in [7, 11) is 0. The lowest BCUT2D eigenvalue weighted by Gasteiger charge is -2.12. The first-order valence-corrected chi connectivity index (χ1v) is 5.18. The maximum atomic E-state index is 10.0. The summed E-state index contributed by atoms with van der Waals surface area (Å²) >= 11 is 0. The summed E-state index contributed by atoms with van der Waals surface area (Å²) in [6.45, 7) is 1.69. The molecule has 0 saturated heterocycles. The molecule has 0 amide bonds. The molecule has 15 heavy (non-hydrogen) atoms. The second kappa shape index (κ2) is 3.03. The van der Waals surface area contributed by atoms with Crippen LogP contribution in [0, 0.1) is 0 Å². The van der Waals surface area contributed by atoms with Crippen LogP contribution in [0.5, 0.6) is 17.2 Å². The molecule has 0 atom stereocenters. The van der Waals surface area contributed by atoms with Crippen molar-refractivity contribution in [1.82, 2.24) is 0 Å². The Morgan fingerprint density at radius 3 is 2.47 bits per heavy atom. The monoisotopic (exact) mass is 207 g/mol. The normalized spacial score (nSPS) is 16.9. The molecule has 4 nitrogen and oxygen atoms in total. The molecule has 2 heterocycles. The van der Waals surface area contributed by atoms with Gasteiger partial charge < -0.3 is 20.3 Å². The van der Waals surface area contributed by atoms with E-state index < -0.39 is 0 Å². The molecule has 0 saturated carbocycles. The third-order valence-corrected chi connectivity index (χ3v) is 3.09. The molecule has 3 rings (SSSR count). The van der Waals surface area contributed by atoms with Crippen LogP contribution in [-0.4, -0.2) is 18.3 Å². The third-order valence-electron chi connectivity index (χ3n) is 3.09. The lowest BCUT2D eigenvalue weighted by molar-refractivity contribution is 0.333. The highest BCUT2D eigenvalue weighted by atomic mass is 16.5. The smallest absolute Gasteiger partial charge is 0.165 e. The Labute approximate surface area is 87.6 Å². The molecule has 0 bridgehead atoms. The van der Waals surface area contributed by atoms with E-state index in [0.29, 0.717) is 25.5 Å². The van der Waals surface area contributed by atoms with Crippen molar-refractivity contribution >= 4 is 0 Å². The lowest BCUT2D eigenvalue weighted by atomic mass is 9.98. The van der Waals surface area contributed by atoms with E-state index in [1.807, 2.05) is 0 Å². The fraction of sp³-hybridized carbons (Fsp3) is 0.455. The predicted molar refractivity (Wildman–Crippen MR) is 54.4 cm³/mol. The lowest BCUT2D eigenvalue weighted by Crippen LogP contribution is -2.03. The van der Waals surface area contributed by atoms with Gasteiger partial charge in [0.25, 0.3) is 0 Å².